The van der Waals surface area contributed by atoms with Gasteiger partial charge in [0, 0.05) is 12.5 Å². The Morgan fingerprint density at radius 2 is 1.90 bits per heavy atom. The van der Waals surface area contributed by atoms with Crippen molar-refractivity contribution in [2.24, 2.45) is 5.41 Å². The van der Waals surface area contributed by atoms with Gasteiger partial charge in [-0.3, -0.25) is 0 Å². The quantitative estimate of drug-likeness (QED) is 0.446. The lowest BCUT2D eigenvalue weighted by Crippen LogP contribution is -2.29. The van der Waals surface area contributed by atoms with E-state index in [0.717, 1.165) is 0 Å². The lowest BCUT2D eigenvalue weighted by molar-refractivity contribution is -0.145. The van der Waals surface area contributed by atoms with Gasteiger partial charge in [-0.25, -0.2) is 0 Å². The van der Waals surface area contributed by atoms with Crippen LogP contribution in [0.2, 0.25) is 0 Å². The maximum Gasteiger partial charge on any atom is 0.203 e. The van der Waals surface area contributed by atoms with Crippen molar-refractivity contribution in [1.82, 2.24) is 0 Å². The average molecular weight is 144 g/mol. The second-order valence-corrected chi connectivity index (χ2v) is 3.24. The molecule has 0 N–H and O–H groups in total. The fourth-order valence-corrected chi connectivity index (χ4v) is 0.701. The summed E-state index contributed by atoms with van der Waals surface area (Å²) >= 11 is 0. The summed E-state index contributed by atoms with van der Waals surface area (Å²) in [5, 5.41) is 0. The van der Waals surface area contributed by atoms with Gasteiger partial charge in [0.05, 0.1) is 6.26 Å². The summed E-state index contributed by atoms with van der Waals surface area (Å²) in [5.74, 6) is 0. The van der Waals surface area contributed by atoms with Crippen molar-refractivity contribution in [2.75, 3.05) is 7.11 Å². The Labute approximate surface area is 62.8 Å². The van der Waals surface area contributed by atoms with Crippen molar-refractivity contribution < 1.29 is 9.47 Å². The average Bonchev–Trinajstić information content (AvgIpc) is 1.80. The van der Waals surface area contributed by atoms with Crippen LogP contribution in [-0.2, 0) is 9.47 Å². The van der Waals surface area contributed by atoms with Crippen molar-refractivity contribution >= 4 is 0 Å². The van der Waals surface area contributed by atoms with Crippen LogP contribution in [-0.4, -0.2) is 13.4 Å². The molecule has 0 amide bonds. The van der Waals surface area contributed by atoms with E-state index in [9.17, 15) is 0 Å². The van der Waals surface area contributed by atoms with Crippen molar-refractivity contribution in [3.05, 3.63) is 12.8 Å². The van der Waals surface area contributed by atoms with Gasteiger partial charge >= 0.3 is 0 Å². The molecule has 0 aliphatic carbocycles. The molecule has 60 valence electrons. The second-order valence-electron chi connectivity index (χ2n) is 3.24. The molecule has 0 radical (unpaired) electrons. The monoisotopic (exact) mass is 144 g/mol. The van der Waals surface area contributed by atoms with Gasteiger partial charge in [-0.2, -0.15) is 0 Å². The molecule has 0 bridgehead atoms. The molecule has 2 heteroatoms. The Bertz CT molecular complexity index is 102. The van der Waals surface area contributed by atoms with E-state index in [2.05, 4.69) is 6.58 Å². The maximum atomic E-state index is 5.10. The summed E-state index contributed by atoms with van der Waals surface area (Å²) in [6.07, 6.45) is 1.20. The minimum absolute atomic E-state index is 0.00292. The van der Waals surface area contributed by atoms with Gasteiger partial charge in [-0.15, -0.1) is 0 Å². The standard InChI is InChI=1S/C8H16O2/c1-6-10-7(9-5)8(2,3)4/h6-7H,1H2,2-5H3. The first-order valence-electron chi connectivity index (χ1n) is 3.31. The van der Waals surface area contributed by atoms with E-state index < -0.39 is 0 Å². The van der Waals surface area contributed by atoms with Crippen LogP contribution >= 0.6 is 0 Å². The summed E-state index contributed by atoms with van der Waals surface area (Å²) in [7, 11) is 1.62. The molecule has 0 aromatic carbocycles. The molecule has 0 aliphatic heterocycles. The predicted octanol–water partition coefficient (Wildman–Crippen LogP) is 2.17. The molecular weight excluding hydrogens is 128 g/mol. The summed E-state index contributed by atoms with van der Waals surface area (Å²) in [6.45, 7) is 9.60. The molecule has 1 atom stereocenters. The minimum Gasteiger partial charge on any atom is -0.473 e. The van der Waals surface area contributed by atoms with E-state index in [-0.39, 0.29) is 11.7 Å². The molecule has 10 heavy (non-hydrogen) atoms. The SMILES string of the molecule is C=COC(OC)C(C)(C)C. The Hall–Kier alpha value is -0.500. The molecule has 0 saturated heterocycles. The van der Waals surface area contributed by atoms with Crippen LogP contribution in [0.1, 0.15) is 20.8 Å². The molecule has 0 heterocycles. The van der Waals surface area contributed by atoms with Crippen LogP contribution in [0.15, 0.2) is 12.8 Å². The first kappa shape index (κ1) is 9.50. The Kier molecular flexibility index (Phi) is 3.43. The molecule has 0 fully saturated rings. The van der Waals surface area contributed by atoms with E-state index in [1.54, 1.807) is 7.11 Å². The van der Waals surface area contributed by atoms with Gasteiger partial charge in [-0.05, 0) is 0 Å². The van der Waals surface area contributed by atoms with Crippen molar-refractivity contribution in [3.8, 4) is 0 Å². The molecule has 0 rings (SSSR count). The highest BCUT2D eigenvalue weighted by Crippen LogP contribution is 2.22. The van der Waals surface area contributed by atoms with Gasteiger partial charge in [0.1, 0.15) is 0 Å². The van der Waals surface area contributed by atoms with Crippen molar-refractivity contribution in [2.45, 2.75) is 27.1 Å². The fraction of sp³-hybridized carbons (Fsp3) is 0.750. The molecule has 0 saturated carbocycles. The second kappa shape index (κ2) is 3.62. The Morgan fingerprint density at radius 3 is 2.00 bits per heavy atom. The van der Waals surface area contributed by atoms with Crippen LogP contribution in [0, 0.1) is 5.41 Å². The number of rotatable bonds is 3. The first-order chi connectivity index (χ1) is 4.52. The summed E-state index contributed by atoms with van der Waals surface area (Å²) < 4.78 is 10.2. The van der Waals surface area contributed by atoms with Crippen LogP contribution in [0.3, 0.4) is 0 Å². The third kappa shape index (κ3) is 2.87. The molecule has 0 aromatic rings. The zero-order valence-electron chi connectivity index (χ0n) is 7.18. The summed E-state index contributed by atoms with van der Waals surface area (Å²) in [4.78, 5) is 0. The lowest BCUT2D eigenvalue weighted by Gasteiger charge is -2.27. The van der Waals surface area contributed by atoms with Crippen molar-refractivity contribution in [1.29, 1.82) is 0 Å². The molecule has 2 nitrogen and oxygen atoms in total. The number of ether oxygens (including phenoxy) is 2. The number of hydrogen-bond donors (Lipinski definition) is 0. The molecular formula is C8H16O2. The third-order valence-electron chi connectivity index (χ3n) is 1.14. The largest absolute Gasteiger partial charge is 0.473 e. The smallest absolute Gasteiger partial charge is 0.203 e. The van der Waals surface area contributed by atoms with Crippen molar-refractivity contribution in [3.63, 3.8) is 0 Å². The van der Waals surface area contributed by atoms with E-state index >= 15 is 0 Å². The Morgan fingerprint density at radius 1 is 1.40 bits per heavy atom. The topological polar surface area (TPSA) is 18.5 Å². The number of hydrogen-bond acceptors (Lipinski definition) is 2. The van der Waals surface area contributed by atoms with E-state index in [4.69, 9.17) is 9.47 Å². The van der Waals surface area contributed by atoms with Crippen LogP contribution in [0.5, 0.6) is 0 Å². The highest BCUT2D eigenvalue weighted by Gasteiger charge is 2.24. The third-order valence-corrected chi connectivity index (χ3v) is 1.14. The zero-order valence-corrected chi connectivity index (χ0v) is 7.18. The molecule has 0 aliphatic rings. The highest BCUT2D eigenvalue weighted by molar-refractivity contribution is 4.68. The van der Waals surface area contributed by atoms with E-state index in [0.29, 0.717) is 0 Å². The van der Waals surface area contributed by atoms with E-state index in [1.165, 1.54) is 6.26 Å². The molecule has 0 aromatic heterocycles. The van der Waals surface area contributed by atoms with Crippen LogP contribution in [0.25, 0.3) is 0 Å². The lowest BCUT2D eigenvalue weighted by atomic mass is 9.96. The van der Waals surface area contributed by atoms with E-state index in [1.807, 2.05) is 20.8 Å². The number of methoxy groups -OCH3 is 1. The fourth-order valence-electron chi connectivity index (χ4n) is 0.701. The minimum atomic E-state index is -0.204. The Balaban J connectivity index is 3.92. The van der Waals surface area contributed by atoms with Gasteiger partial charge < -0.3 is 9.47 Å². The maximum absolute atomic E-state index is 5.10. The van der Waals surface area contributed by atoms with Crippen LogP contribution < -0.4 is 0 Å². The summed E-state index contributed by atoms with van der Waals surface area (Å²) in [6, 6.07) is 0. The van der Waals surface area contributed by atoms with Gasteiger partial charge in [0.2, 0.25) is 6.29 Å². The van der Waals surface area contributed by atoms with Gasteiger partial charge in [0.25, 0.3) is 0 Å². The predicted molar refractivity (Wildman–Crippen MR) is 41.5 cm³/mol. The summed E-state index contributed by atoms with van der Waals surface area (Å²) in [5.41, 5.74) is 0.00292. The zero-order chi connectivity index (χ0) is 8.20. The molecule has 0 spiro atoms. The molecule has 1 unspecified atom stereocenters. The first-order valence-corrected chi connectivity index (χ1v) is 3.31. The normalized spacial score (nSPS) is 14.4. The van der Waals surface area contributed by atoms with Gasteiger partial charge in [0.15, 0.2) is 0 Å². The highest BCUT2D eigenvalue weighted by atomic mass is 16.7. The van der Waals surface area contributed by atoms with Crippen LogP contribution in [0.4, 0.5) is 0 Å². The van der Waals surface area contributed by atoms with Gasteiger partial charge in [-0.1, -0.05) is 27.4 Å².